The molecule has 1 unspecified atom stereocenters. The van der Waals surface area contributed by atoms with Crippen LogP contribution in [0.15, 0.2) is 29.4 Å². The van der Waals surface area contributed by atoms with Crippen LogP contribution in [-0.2, 0) is 11.2 Å². The maximum Gasteiger partial charge on any atom is 0.318 e. The first-order valence-electron chi connectivity index (χ1n) is 5.95. The number of benzene rings is 1. The number of hydrogen-bond donors (Lipinski definition) is 3. The number of urea groups is 1. The third kappa shape index (κ3) is 4.97. The number of ether oxygens (including phenoxy) is 1. The van der Waals surface area contributed by atoms with Crippen molar-refractivity contribution >= 4 is 17.6 Å². The van der Waals surface area contributed by atoms with Crippen molar-refractivity contribution in [2.45, 2.75) is 26.4 Å². The number of carbonyl (C=O) groups excluding carboxylic acids is 2. The third-order valence-electron chi connectivity index (χ3n) is 2.48. The van der Waals surface area contributed by atoms with E-state index in [1.165, 1.54) is 6.92 Å². The summed E-state index contributed by atoms with van der Waals surface area (Å²) in [6.07, 6.45) is -0.316. The normalized spacial score (nSPS) is 12.6. The molecule has 3 amide bonds. The molecule has 0 spiro atoms. The van der Waals surface area contributed by atoms with Crippen LogP contribution < -0.4 is 15.8 Å². The lowest BCUT2D eigenvalue weighted by molar-refractivity contribution is -0.126. The maximum atomic E-state index is 11.4. The summed E-state index contributed by atoms with van der Waals surface area (Å²) in [6, 6.07) is 6.05. The number of primary amides is 1. The summed E-state index contributed by atoms with van der Waals surface area (Å²) in [5.74, 6) is -0.121. The van der Waals surface area contributed by atoms with Crippen LogP contribution in [0.2, 0.25) is 0 Å². The van der Waals surface area contributed by atoms with Gasteiger partial charge in [0.25, 0.3) is 5.91 Å². The largest absolute Gasteiger partial charge is 0.481 e. The molecule has 0 fully saturated rings. The van der Waals surface area contributed by atoms with Crippen molar-refractivity contribution in [1.82, 2.24) is 5.32 Å². The van der Waals surface area contributed by atoms with E-state index in [2.05, 4.69) is 5.16 Å². The molecular weight excluding hydrogens is 262 g/mol. The summed E-state index contributed by atoms with van der Waals surface area (Å²) in [4.78, 5) is 22.0. The molecule has 0 aliphatic rings. The Balaban J connectivity index is 2.61. The van der Waals surface area contributed by atoms with Crippen molar-refractivity contribution in [2.75, 3.05) is 0 Å². The lowest BCUT2D eigenvalue weighted by atomic mass is 10.1. The van der Waals surface area contributed by atoms with Crippen LogP contribution in [0, 0.1) is 0 Å². The zero-order valence-corrected chi connectivity index (χ0v) is 11.3. The van der Waals surface area contributed by atoms with E-state index < -0.39 is 18.0 Å². The van der Waals surface area contributed by atoms with Crippen molar-refractivity contribution in [3.63, 3.8) is 0 Å². The Kier molecular flexibility index (Phi) is 5.52. The summed E-state index contributed by atoms with van der Waals surface area (Å²) in [6.45, 7) is 3.22. The van der Waals surface area contributed by atoms with Gasteiger partial charge in [0.2, 0.25) is 0 Å². The number of nitrogens with one attached hydrogen (secondary N) is 1. The standard InChI is InChI=1S/C13H17N3O4/c1-8(16-19)7-10-3-5-11(6-4-10)20-9(2)12(17)15-13(14)18/h3-6,9,19H,7H2,1-2H3,(H3,14,15,17,18)/b16-8+. The monoisotopic (exact) mass is 279 g/mol. The highest BCUT2D eigenvalue weighted by atomic mass is 16.5. The van der Waals surface area contributed by atoms with Gasteiger partial charge < -0.3 is 15.7 Å². The average Bonchev–Trinajstić information content (AvgIpc) is 2.40. The predicted molar refractivity (Wildman–Crippen MR) is 72.9 cm³/mol. The van der Waals surface area contributed by atoms with Crippen LogP contribution in [0.4, 0.5) is 4.79 Å². The molecule has 108 valence electrons. The highest BCUT2D eigenvalue weighted by Gasteiger charge is 2.15. The first-order chi connectivity index (χ1) is 9.42. The zero-order valence-electron chi connectivity index (χ0n) is 11.3. The number of nitrogens with two attached hydrogens (primary N) is 1. The minimum atomic E-state index is -0.917. The second kappa shape index (κ2) is 7.13. The molecule has 1 aromatic rings. The average molecular weight is 279 g/mol. The third-order valence-corrected chi connectivity index (χ3v) is 2.48. The Hall–Kier alpha value is -2.57. The number of imide groups is 1. The first-order valence-corrected chi connectivity index (χ1v) is 5.95. The number of oxime groups is 1. The number of hydrogen-bond acceptors (Lipinski definition) is 5. The van der Waals surface area contributed by atoms with Crippen molar-refractivity contribution in [2.24, 2.45) is 10.9 Å². The SMILES string of the molecule is C/C(Cc1ccc(OC(C)C(=O)NC(N)=O)cc1)=N\O. The smallest absolute Gasteiger partial charge is 0.318 e. The topological polar surface area (TPSA) is 114 Å². The molecule has 20 heavy (non-hydrogen) atoms. The van der Waals surface area contributed by atoms with Crippen molar-refractivity contribution in [3.8, 4) is 5.75 Å². The molecule has 1 aromatic carbocycles. The Labute approximate surface area is 116 Å². The van der Waals surface area contributed by atoms with E-state index in [1.54, 1.807) is 31.2 Å². The number of nitrogens with zero attached hydrogens (tertiary/aromatic N) is 1. The van der Waals surface area contributed by atoms with Gasteiger partial charge in [0.15, 0.2) is 6.10 Å². The number of amides is 3. The van der Waals surface area contributed by atoms with E-state index in [9.17, 15) is 9.59 Å². The Morgan fingerprint density at radius 2 is 2.00 bits per heavy atom. The molecule has 0 aromatic heterocycles. The molecule has 0 saturated heterocycles. The predicted octanol–water partition coefficient (Wildman–Crippen LogP) is 1.04. The summed E-state index contributed by atoms with van der Waals surface area (Å²) < 4.78 is 5.36. The second-order valence-electron chi connectivity index (χ2n) is 4.27. The molecule has 0 heterocycles. The summed E-state index contributed by atoms with van der Waals surface area (Å²) in [7, 11) is 0. The highest BCUT2D eigenvalue weighted by Crippen LogP contribution is 2.14. The van der Waals surface area contributed by atoms with Crippen molar-refractivity contribution in [1.29, 1.82) is 0 Å². The van der Waals surface area contributed by atoms with Crippen LogP contribution in [0.3, 0.4) is 0 Å². The van der Waals surface area contributed by atoms with E-state index >= 15 is 0 Å². The molecule has 4 N–H and O–H groups in total. The zero-order chi connectivity index (χ0) is 15.1. The molecule has 0 bridgehead atoms. The van der Waals surface area contributed by atoms with E-state index in [4.69, 9.17) is 15.7 Å². The lowest BCUT2D eigenvalue weighted by Crippen LogP contribution is -2.42. The van der Waals surface area contributed by atoms with E-state index in [0.717, 1.165) is 5.56 Å². The molecule has 7 nitrogen and oxygen atoms in total. The van der Waals surface area contributed by atoms with E-state index in [1.807, 2.05) is 5.32 Å². The van der Waals surface area contributed by atoms with Gasteiger partial charge in [-0.15, -0.1) is 0 Å². The van der Waals surface area contributed by atoms with Crippen LogP contribution >= 0.6 is 0 Å². The quantitative estimate of drug-likeness (QED) is 0.424. The summed E-state index contributed by atoms with van der Waals surface area (Å²) >= 11 is 0. The fraction of sp³-hybridized carbons (Fsp3) is 0.308. The van der Waals surface area contributed by atoms with Crippen LogP contribution in [0.5, 0.6) is 5.75 Å². The van der Waals surface area contributed by atoms with Gasteiger partial charge in [-0.2, -0.15) is 0 Å². The maximum absolute atomic E-state index is 11.4. The van der Waals surface area contributed by atoms with Gasteiger partial charge in [0.05, 0.1) is 5.71 Å². The Morgan fingerprint density at radius 3 is 2.50 bits per heavy atom. The van der Waals surface area contributed by atoms with Gasteiger partial charge in [0.1, 0.15) is 5.75 Å². The van der Waals surface area contributed by atoms with Gasteiger partial charge in [-0.05, 0) is 31.5 Å². The minimum Gasteiger partial charge on any atom is -0.481 e. The Morgan fingerprint density at radius 1 is 1.40 bits per heavy atom. The van der Waals surface area contributed by atoms with Gasteiger partial charge >= 0.3 is 6.03 Å². The fourth-order valence-electron chi connectivity index (χ4n) is 1.50. The number of rotatable bonds is 5. The molecule has 0 radical (unpaired) electrons. The van der Waals surface area contributed by atoms with Gasteiger partial charge in [-0.25, -0.2) is 4.79 Å². The molecule has 0 aliphatic carbocycles. The van der Waals surface area contributed by atoms with Crippen LogP contribution in [0.1, 0.15) is 19.4 Å². The number of carbonyl (C=O) groups is 2. The van der Waals surface area contributed by atoms with Crippen molar-refractivity contribution < 1.29 is 19.5 Å². The van der Waals surface area contributed by atoms with Gasteiger partial charge in [-0.1, -0.05) is 17.3 Å². The molecule has 0 saturated carbocycles. The van der Waals surface area contributed by atoms with Crippen LogP contribution in [-0.4, -0.2) is 29.0 Å². The first kappa shape index (κ1) is 15.5. The van der Waals surface area contributed by atoms with Gasteiger partial charge in [-0.3, -0.25) is 10.1 Å². The molecule has 7 heteroatoms. The second-order valence-corrected chi connectivity index (χ2v) is 4.27. The van der Waals surface area contributed by atoms with Crippen LogP contribution in [0.25, 0.3) is 0 Å². The highest BCUT2D eigenvalue weighted by molar-refractivity contribution is 5.95. The Bertz CT molecular complexity index is 511. The fourth-order valence-corrected chi connectivity index (χ4v) is 1.50. The summed E-state index contributed by atoms with van der Waals surface area (Å²) in [5, 5.41) is 13.6. The molecule has 0 aliphatic heterocycles. The minimum absolute atomic E-state index is 0.486. The molecule has 1 atom stereocenters. The molecular formula is C13H17N3O4. The lowest BCUT2D eigenvalue weighted by Gasteiger charge is -2.13. The molecule has 1 rings (SSSR count). The summed E-state index contributed by atoms with van der Waals surface area (Å²) in [5.41, 5.74) is 6.38. The van der Waals surface area contributed by atoms with E-state index in [-0.39, 0.29) is 0 Å². The van der Waals surface area contributed by atoms with Crippen molar-refractivity contribution in [3.05, 3.63) is 29.8 Å². The van der Waals surface area contributed by atoms with E-state index in [0.29, 0.717) is 17.9 Å². The van der Waals surface area contributed by atoms with Gasteiger partial charge in [0, 0.05) is 6.42 Å².